The Kier molecular flexibility index (Phi) is 5.82. The van der Waals surface area contributed by atoms with Crippen molar-refractivity contribution in [2.45, 2.75) is 60.0 Å². The van der Waals surface area contributed by atoms with E-state index in [1.165, 1.54) is 43.6 Å². The number of aliphatic hydroxyl groups is 1. The summed E-state index contributed by atoms with van der Waals surface area (Å²) in [6.07, 6.45) is 3.96. The van der Waals surface area contributed by atoms with Crippen molar-refractivity contribution in [1.29, 1.82) is 0 Å². The fraction of sp³-hybridized carbons (Fsp3) is 0.824. The van der Waals surface area contributed by atoms with Crippen molar-refractivity contribution in [2.75, 3.05) is 19.7 Å². The number of aromatic nitrogens is 2. The Morgan fingerprint density at radius 2 is 2.00 bits per heavy atom. The van der Waals surface area contributed by atoms with Crippen LogP contribution in [0.1, 0.15) is 50.1 Å². The first kappa shape index (κ1) is 16.5. The molecule has 21 heavy (non-hydrogen) atoms. The van der Waals surface area contributed by atoms with Crippen molar-refractivity contribution in [2.24, 2.45) is 11.8 Å². The van der Waals surface area contributed by atoms with Crippen molar-refractivity contribution in [3.63, 3.8) is 0 Å². The number of aliphatic hydroxyl groups excluding tert-OH is 1. The molecule has 1 fully saturated rings. The average Bonchev–Trinajstić information content (AvgIpc) is 3.02. The zero-order valence-corrected chi connectivity index (χ0v) is 14.1. The van der Waals surface area contributed by atoms with E-state index < -0.39 is 0 Å². The zero-order valence-electron chi connectivity index (χ0n) is 14.1. The van der Waals surface area contributed by atoms with Crippen LogP contribution in [0.2, 0.25) is 0 Å². The van der Waals surface area contributed by atoms with Gasteiger partial charge in [-0.1, -0.05) is 26.7 Å². The summed E-state index contributed by atoms with van der Waals surface area (Å²) in [5.74, 6) is 1.75. The molecule has 4 heteroatoms. The second-order valence-electron chi connectivity index (χ2n) is 6.46. The lowest BCUT2D eigenvalue weighted by molar-refractivity contribution is 0.266. The summed E-state index contributed by atoms with van der Waals surface area (Å²) in [5, 5.41) is 13.7. The minimum atomic E-state index is 0.155. The highest BCUT2D eigenvalue weighted by Gasteiger charge is 2.28. The summed E-state index contributed by atoms with van der Waals surface area (Å²) in [6, 6.07) is 0. The van der Waals surface area contributed by atoms with Crippen LogP contribution in [0, 0.1) is 25.7 Å². The molecule has 0 aliphatic carbocycles. The third kappa shape index (κ3) is 3.67. The number of likely N-dealkylation sites (tertiary alicyclic amines) is 1. The van der Waals surface area contributed by atoms with Gasteiger partial charge < -0.3 is 5.11 Å². The molecule has 1 aromatic rings. The minimum absolute atomic E-state index is 0.155. The topological polar surface area (TPSA) is 41.3 Å². The molecule has 0 aromatic carbocycles. The third-order valence-corrected chi connectivity index (χ3v) is 5.25. The van der Waals surface area contributed by atoms with E-state index in [-0.39, 0.29) is 6.61 Å². The van der Waals surface area contributed by atoms with Gasteiger partial charge in [-0.15, -0.1) is 0 Å². The van der Waals surface area contributed by atoms with Crippen LogP contribution in [-0.4, -0.2) is 39.5 Å². The van der Waals surface area contributed by atoms with Crippen LogP contribution in [-0.2, 0) is 13.1 Å². The quantitative estimate of drug-likeness (QED) is 0.840. The summed E-state index contributed by atoms with van der Waals surface area (Å²) in [4.78, 5) is 2.59. The standard InChI is InChI=1S/C17H31N3O/c1-5-15(6-2)16-7-8-19(11-16)12-17-13(3)18-20(9-10-21)14(17)4/h15-16,21H,5-12H2,1-4H3. The molecule has 0 spiro atoms. The van der Waals surface area contributed by atoms with Crippen molar-refractivity contribution in [3.8, 4) is 0 Å². The molecular formula is C17H31N3O. The maximum atomic E-state index is 9.11. The first-order valence-corrected chi connectivity index (χ1v) is 8.46. The van der Waals surface area contributed by atoms with E-state index in [1.807, 2.05) is 4.68 Å². The second-order valence-corrected chi connectivity index (χ2v) is 6.46. The van der Waals surface area contributed by atoms with Crippen molar-refractivity contribution < 1.29 is 5.11 Å². The summed E-state index contributed by atoms with van der Waals surface area (Å²) in [7, 11) is 0. The Bertz CT molecular complexity index is 451. The van der Waals surface area contributed by atoms with E-state index in [4.69, 9.17) is 5.11 Å². The van der Waals surface area contributed by atoms with Gasteiger partial charge in [0, 0.05) is 24.3 Å². The minimum Gasteiger partial charge on any atom is -0.394 e. The molecular weight excluding hydrogens is 262 g/mol. The predicted octanol–water partition coefficient (Wildman–Crippen LogP) is 2.75. The molecule has 0 bridgehead atoms. The molecule has 120 valence electrons. The number of aryl methyl sites for hydroxylation is 1. The van der Waals surface area contributed by atoms with Gasteiger partial charge in [-0.2, -0.15) is 5.10 Å². The number of hydrogen-bond donors (Lipinski definition) is 1. The Morgan fingerprint density at radius 1 is 1.29 bits per heavy atom. The molecule has 1 aromatic heterocycles. The molecule has 1 aliphatic rings. The largest absolute Gasteiger partial charge is 0.394 e. The number of nitrogens with zero attached hydrogens (tertiary/aromatic N) is 3. The summed E-state index contributed by atoms with van der Waals surface area (Å²) in [5.41, 5.74) is 3.69. The molecule has 1 atom stereocenters. The van der Waals surface area contributed by atoms with Gasteiger partial charge in [0.1, 0.15) is 0 Å². The summed E-state index contributed by atoms with van der Waals surface area (Å²) < 4.78 is 1.94. The fourth-order valence-corrected chi connectivity index (χ4v) is 3.85. The number of rotatable bonds is 7. The molecule has 1 saturated heterocycles. The van der Waals surface area contributed by atoms with Crippen LogP contribution < -0.4 is 0 Å². The van der Waals surface area contributed by atoms with E-state index in [2.05, 4.69) is 37.7 Å². The number of hydrogen-bond acceptors (Lipinski definition) is 3. The van der Waals surface area contributed by atoms with Crippen molar-refractivity contribution in [1.82, 2.24) is 14.7 Å². The van der Waals surface area contributed by atoms with E-state index in [1.54, 1.807) is 0 Å². The molecule has 2 rings (SSSR count). The van der Waals surface area contributed by atoms with Crippen LogP contribution in [0.4, 0.5) is 0 Å². The molecule has 0 radical (unpaired) electrons. The fourth-order valence-electron chi connectivity index (χ4n) is 3.85. The predicted molar refractivity (Wildman–Crippen MR) is 86.2 cm³/mol. The van der Waals surface area contributed by atoms with Crippen LogP contribution in [0.3, 0.4) is 0 Å². The lowest BCUT2D eigenvalue weighted by Gasteiger charge is -2.21. The Hall–Kier alpha value is -0.870. The SMILES string of the molecule is CCC(CC)C1CCN(Cc2c(C)nn(CCO)c2C)C1. The van der Waals surface area contributed by atoms with Gasteiger partial charge in [0.15, 0.2) is 0 Å². The smallest absolute Gasteiger partial charge is 0.0644 e. The maximum Gasteiger partial charge on any atom is 0.0644 e. The van der Waals surface area contributed by atoms with Crippen molar-refractivity contribution >= 4 is 0 Å². The van der Waals surface area contributed by atoms with Gasteiger partial charge in [-0.25, -0.2) is 0 Å². The summed E-state index contributed by atoms with van der Waals surface area (Å²) in [6.45, 7) is 13.1. The van der Waals surface area contributed by atoms with Gasteiger partial charge in [0.25, 0.3) is 0 Å². The van der Waals surface area contributed by atoms with Crippen LogP contribution in [0.25, 0.3) is 0 Å². The highest BCUT2D eigenvalue weighted by molar-refractivity contribution is 5.24. The van der Waals surface area contributed by atoms with Crippen molar-refractivity contribution in [3.05, 3.63) is 17.0 Å². The second kappa shape index (κ2) is 7.41. The first-order valence-electron chi connectivity index (χ1n) is 8.46. The molecule has 4 nitrogen and oxygen atoms in total. The van der Waals surface area contributed by atoms with E-state index in [0.717, 1.165) is 24.1 Å². The molecule has 0 saturated carbocycles. The molecule has 1 unspecified atom stereocenters. The van der Waals surface area contributed by atoms with Crippen LogP contribution in [0.15, 0.2) is 0 Å². The summed E-state index contributed by atoms with van der Waals surface area (Å²) >= 11 is 0. The maximum absolute atomic E-state index is 9.11. The Morgan fingerprint density at radius 3 is 2.62 bits per heavy atom. The normalized spacial score (nSPS) is 19.8. The lowest BCUT2D eigenvalue weighted by Crippen LogP contribution is -2.23. The van der Waals surface area contributed by atoms with Gasteiger partial charge in [-0.3, -0.25) is 9.58 Å². The van der Waals surface area contributed by atoms with Gasteiger partial charge >= 0.3 is 0 Å². The van der Waals surface area contributed by atoms with Gasteiger partial charge in [0.05, 0.1) is 18.8 Å². The molecule has 0 amide bonds. The van der Waals surface area contributed by atoms with E-state index >= 15 is 0 Å². The molecule has 1 N–H and O–H groups in total. The first-order chi connectivity index (χ1) is 10.1. The monoisotopic (exact) mass is 293 g/mol. The average molecular weight is 293 g/mol. The van der Waals surface area contributed by atoms with Gasteiger partial charge in [-0.05, 0) is 38.6 Å². The Balaban J connectivity index is 2.00. The van der Waals surface area contributed by atoms with Crippen LogP contribution in [0.5, 0.6) is 0 Å². The van der Waals surface area contributed by atoms with E-state index in [9.17, 15) is 0 Å². The van der Waals surface area contributed by atoms with E-state index in [0.29, 0.717) is 6.54 Å². The lowest BCUT2D eigenvalue weighted by atomic mass is 9.87. The molecule has 1 aliphatic heterocycles. The Labute approximate surface area is 129 Å². The molecule has 2 heterocycles. The van der Waals surface area contributed by atoms with Gasteiger partial charge in [0.2, 0.25) is 0 Å². The van der Waals surface area contributed by atoms with Crippen LogP contribution >= 0.6 is 0 Å². The highest BCUT2D eigenvalue weighted by atomic mass is 16.3. The zero-order chi connectivity index (χ0) is 15.4. The highest BCUT2D eigenvalue weighted by Crippen LogP contribution is 2.30. The third-order valence-electron chi connectivity index (χ3n) is 5.25.